The molecule has 13 heavy (non-hydrogen) atoms. The van der Waals surface area contributed by atoms with Crippen molar-refractivity contribution in [3.63, 3.8) is 0 Å². The van der Waals surface area contributed by atoms with Crippen molar-refractivity contribution in [1.29, 1.82) is 0 Å². The second-order valence-corrected chi connectivity index (χ2v) is 3.45. The van der Waals surface area contributed by atoms with Crippen LogP contribution in [0.4, 0.5) is 13.2 Å². The van der Waals surface area contributed by atoms with Gasteiger partial charge >= 0.3 is 6.18 Å². The van der Waals surface area contributed by atoms with Gasteiger partial charge in [-0.2, -0.15) is 13.2 Å². The number of rotatable bonds is 1. The van der Waals surface area contributed by atoms with Gasteiger partial charge in [-0.3, -0.25) is 0 Å². The molecule has 2 rings (SSSR count). The quantitative estimate of drug-likeness (QED) is 0.676. The first-order chi connectivity index (χ1) is 6.06. The molecule has 1 saturated heterocycles. The lowest BCUT2D eigenvalue weighted by atomic mass is 9.87. The molecule has 0 bridgehead atoms. The summed E-state index contributed by atoms with van der Waals surface area (Å²) in [5, 5.41) is 9.42. The van der Waals surface area contributed by atoms with Crippen LogP contribution in [0, 0.1) is 5.92 Å². The summed E-state index contributed by atoms with van der Waals surface area (Å²) in [6, 6.07) is 0. The van der Waals surface area contributed by atoms with Crippen LogP contribution in [0.2, 0.25) is 0 Å². The summed E-state index contributed by atoms with van der Waals surface area (Å²) in [4.78, 5) is 0. The molecular weight excluding hydrogens is 183 g/mol. The minimum atomic E-state index is -4.30. The highest BCUT2D eigenvalue weighted by atomic mass is 19.4. The number of nitrogens with zero attached hydrogens (tertiary/aromatic N) is 2. The molecule has 0 aromatic rings. The van der Waals surface area contributed by atoms with Gasteiger partial charge in [0.05, 0.1) is 0 Å². The van der Waals surface area contributed by atoms with E-state index in [1.54, 1.807) is 0 Å². The van der Waals surface area contributed by atoms with Crippen LogP contribution < -0.4 is 5.32 Å². The minimum absolute atomic E-state index is 0.450. The third-order valence-electron chi connectivity index (χ3n) is 2.64. The molecule has 0 radical (unpaired) electrons. The molecular formula is C7H10F3N3. The van der Waals surface area contributed by atoms with E-state index in [0.29, 0.717) is 25.9 Å². The Hall–Kier alpha value is -0.650. The summed E-state index contributed by atoms with van der Waals surface area (Å²) < 4.78 is 37.4. The van der Waals surface area contributed by atoms with Gasteiger partial charge in [-0.15, -0.1) is 10.2 Å². The largest absolute Gasteiger partial charge is 0.437 e. The molecule has 0 atom stereocenters. The van der Waals surface area contributed by atoms with Crippen LogP contribution in [0.3, 0.4) is 0 Å². The van der Waals surface area contributed by atoms with E-state index in [4.69, 9.17) is 0 Å². The molecule has 3 nitrogen and oxygen atoms in total. The summed E-state index contributed by atoms with van der Waals surface area (Å²) in [5.74, 6) is -0.450. The van der Waals surface area contributed by atoms with Crippen LogP contribution in [0.5, 0.6) is 0 Å². The van der Waals surface area contributed by atoms with Crippen LogP contribution in [0.1, 0.15) is 12.8 Å². The van der Waals surface area contributed by atoms with Crippen molar-refractivity contribution in [2.24, 2.45) is 16.1 Å². The van der Waals surface area contributed by atoms with Gasteiger partial charge in [0.25, 0.3) is 5.66 Å². The highest BCUT2D eigenvalue weighted by molar-refractivity contribution is 5.06. The monoisotopic (exact) mass is 193 g/mol. The van der Waals surface area contributed by atoms with Gasteiger partial charge in [-0.25, -0.2) is 0 Å². The fourth-order valence-corrected chi connectivity index (χ4v) is 1.79. The summed E-state index contributed by atoms with van der Waals surface area (Å²) in [5.41, 5.74) is -2.03. The lowest BCUT2D eigenvalue weighted by molar-refractivity contribution is -0.178. The molecule has 2 aliphatic heterocycles. The third kappa shape index (κ3) is 1.33. The molecule has 6 heteroatoms. The molecule has 1 N–H and O–H groups in total. The van der Waals surface area contributed by atoms with Gasteiger partial charge in [-0.05, 0) is 25.9 Å². The van der Waals surface area contributed by atoms with E-state index in [0.717, 1.165) is 0 Å². The Balaban J connectivity index is 2.06. The third-order valence-corrected chi connectivity index (χ3v) is 2.64. The number of hydrogen-bond donors (Lipinski definition) is 1. The number of hydrogen-bond acceptors (Lipinski definition) is 3. The average Bonchev–Trinajstić information content (AvgIpc) is 2.84. The Morgan fingerprint density at radius 3 is 2.08 bits per heavy atom. The predicted octanol–water partition coefficient (Wildman–Crippen LogP) is 1.71. The molecule has 2 aliphatic rings. The maximum Gasteiger partial charge on any atom is 0.437 e. The molecule has 0 aromatic heterocycles. The maximum atomic E-state index is 12.5. The summed E-state index contributed by atoms with van der Waals surface area (Å²) in [6.07, 6.45) is -3.28. The minimum Gasteiger partial charge on any atom is -0.317 e. The fraction of sp³-hybridized carbons (Fsp3) is 1.00. The zero-order valence-electron chi connectivity index (χ0n) is 6.93. The van der Waals surface area contributed by atoms with Crippen molar-refractivity contribution < 1.29 is 13.2 Å². The molecule has 0 unspecified atom stereocenters. The van der Waals surface area contributed by atoms with Gasteiger partial charge in [0.1, 0.15) is 0 Å². The van der Waals surface area contributed by atoms with E-state index in [9.17, 15) is 13.2 Å². The van der Waals surface area contributed by atoms with E-state index >= 15 is 0 Å². The lowest BCUT2D eigenvalue weighted by Gasteiger charge is -2.28. The number of halogens is 3. The molecule has 0 amide bonds. The van der Waals surface area contributed by atoms with Crippen molar-refractivity contribution in [1.82, 2.24) is 5.32 Å². The topological polar surface area (TPSA) is 36.8 Å². The Kier molecular flexibility index (Phi) is 1.83. The Morgan fingerprint density at radius 1 is 1.15 bits per heavy atom. The highest BCUT2D eigenvalue weighted by Gasteiger charge is 2.67. The molecule has 2 heterocycles. The fourth-order valence-electron chi connectivity index (χ4n) is 1.79. The molecule has 0 spiro atoms. The first kappa shape index (κ1) is 8.93. The second-order valence-electron chi connectivity index (χ2n) is 3.45. The molecule has 74 valence electrons. The smallest absolute Gasteiger partial charge is 0.317 e. The van der Waals surface area contributed by atoms with Crippen molar-refractivity contribution >= 4 is 0 Å². The first-order valence-electron chi connectivity index (χ1n) is 4.28. The highest BCUT2D eigenvalue weighted by Crippen LogP contribution is 2.51. The van der Waals surface area contributed by atoms with Gasteiger partial charge in [-0.1, -0.05) is 0 Å². The van der Waals surface area contributed by atoms with E-state index in [-0.39, 0.29) is 0 Å². The van der Waals surface area contributed by atoms with Crippen LogP contribution in [0.25, 0.3) is 0 Å². The normalized spacial score (nSPS) is 27.6. The van der Waals surface area contributed by atoms with Gasteiger partial charge in [0.15, 0.2) is 0 Å². The van der Waals surface area contributed by atoms with E-state index in [1.807, 2.05) is 0 Å². The van der Waals surface area contributed by atoms with Crippen molar-refractivity contribution in [2.75, 3.05) is 13.1 Å². The average molecular weight is 193 g/mol. The van der Waals surface area contributed by atoms with Gasteiger partial charge in [0.2, 0.25) is 0 Å². The predicted molar refractivity (Wildman–Crippen MR) is 39.2 cm³/mol. The van der Waals surface area contributed by atoms with Gasteiger partial charge in [0, 0.05) is 5.92 Å². The number of alkyl halides is 3. The van der Waals surface area contributed by atoms with E-state index in [2.05, 4.69) is 15.5 Å². The number of piperidine rings is 1. The second kappa shape index (κ2) is 2.67. The van der Waals surface area contributed by atoms with Gasteiger partial charge < -0.3 is 5.32 Å². The molecule has 0 saturated carbocycles. The first-order valence-corrected chi connectivity index (χ1v) is 4.28. The molecule has 1 fully saturated rings. The van der Waals surface area contributed by atoms with Crippen LogP contribution in [-0.4, -0.2) is 24.9 Å². The van der Waals surface area contributed by atoms with Crippen LogP contribution in [-0.2, 0) is 0 Å². The maximum absolute atomic E-state index is 12.5. The van der Waals surface area contributed by atoms with E-state index < -0.39 is 17.8 Å². The molecule has 0 aliphatic carbocycles. The summed E-state index contributed by atoms with van der Waals surface area (Å²) in [7, 11) is 0. The van der Waals surface area contributed by atoms with Crippen LogP contribution in [0.15, 0.2) is 10.2 Å². The van der Waals surface area contributed by atoms with Crippen LogP contribution >= 0.6 is 0 Å². The standard InChI is InChI=1S/C7H10F3N3/c8-7(9,10)6(12-13-6)5-1-3-11-4-2-5/h5,11H,1-4H2. The lowest BCUT2D eigenvalue weighted by Crippen LogP contribution is -2.44. The molecule has 0 aromatic carbocycles. The van der Waals surface area contributed by atoms with E-state index in [1.165, 1.54) is 0 Å². The van der Waals surface area contributed by atoms with Crippen molar-refractivity contribution in [2.45, 2.75) is 24.7 Å². The summed E-state index contributed by atoms with van der Waals surface area (Å²) >= 11 is 0. The Morgan fingerprint density at radius 2 is 1.69 bits per heavy atom. The zero-order chi connectivity index (χ0) is 9.53. The summed E-state index contributed by atoms with van der Waals surface area (Å²) in [6.45, 7) is 1.26. The Bertz CT molecular complexity index is 224. The SMILES string of the molecule is FC(F)(F)C1(C2CCNCC2)N=N1. The van der Waals surface area contributed by atoms with Crippen molar-refractivity contribution in [3.8, 4) is 0 Å². The Labute approximate surface area is 73.4 Å². The zero-order valence-corrected chi connectivity index (χ0v) is 6.93. The van der Waals surface area contributed by atoms with Crippen molar-refractivity contribution in [3.05, 3.63) is 0 Å². The number of nitrogens with one attached hydrogen (secondary N) is 1.